The van der Waals surface area contributed by atoms with E-state index in [0.717, 1.165) is 19.6 Å². The Balaban J connectivity index is 1.74. The molecule has 1 saturated carbocycles. The molecule has 0 aromatic rings. The molecule has 2 unspecified atom stereocenters. The van der Waals surface area contributed by atoms with Crippen molar-refractivity contribution in [2.24, 2.45) is 5.41 Å². The Labute approximate surface area is 85.4 Å². The molecule has 78 valence electrons. The molecule has 0 bridgehead atoms. The van der Waals surface area contributed by atoms with Gasteiger partial charge in [-0.15, -0.1) is 0 Å². The highest BCUT2D eigenvalue weighted by molar-refractivity contribution is 5.01. The summed E-state index contributed by atoms with van der Waals surface area (Å²) < 4.78 is 5.48. The fourth-order valence-electron chi connectivity index (χ4n) is 2.11. The summed E-state index contributed by atoms with van der Waals surface area (Å²) in [6.07, 6.45) is 4.60. The number of nitrogens with zero attached hydrogens (tertiary/aromatic N) is 1. The van der Waals surface area contributed by atoms with E-state index in [9.17, 15) is 0 Å². The highest BCUT2D eigenvalue weighted by Crippen LogP contribution is 2.48. The largest absolute Gasteiger partial charge is 0.377 e. The van der Waals surface area contributed by atoms with Crippen LogP contribution in [0.1, 0.15) is 32.6 Å². The zero-order valence-electron chi connectivity index (χ0n) is 8.75. The molecule has 0 radical (unpaired) electrons. The number of nitriles is 1. The minimum absolute atomic E-state index is 0.317. The standard InChI is InChI=1S/C11H18N2O/c1-9-10(2-7-14-9)13-8-11(3-4-11)5-6-12/h9-10,13H,2-5,7-8H2,1H3. The molecule has 2 fully saturated rings. The Kier molecular flexibility index (Phi) is 2.76. The van der Waals surface area contributed by atoms with Crippen LogP contribution < -0.4 is 5.32 Å². The van der Waals surface area contributed by atoms with E-state index in [1.165, 1.54) is 12.8 Å². The molecule has 1 aliphatic heterocycles. The van der Waals surface area contributed by atoms with E-state index in [4.69, 9.17) is 10.00 Å². The molecule has 1 heterocycles. The van der Waals surface area contributed by atoms with Gasteiger partial charge in [0.05, 0.1) is 12.2 Å². The predicted molar refractivity (Wildman–Crippen MR) is 53.7 cm³/mol. The minimum Gasteiger partial charge on any atom is -0.377 e. The number of rotatable bonds is 4. The number of hydrogen-bond donors (Lipinski definition) is 1. The number of hydrogen-bond acceptors (Lipinski definition) is 3. The van der Waals surface area contributed by atoms with Crippen molar-refractivity contribution in [3.63, 3.8) is 0 Å². The molecule has 2 aliphatic rings. The van der Waals surface area contributed by atoms with Gasteiger partial charge in [0.25, 0.3) is 0 Å². The molecule has 3 heteroatoms. The third kappa shape index (κ3) is 2.08. The van der Waals surface area contributed by atoms with E-state index >= 15 is 0 Å². The van der Waals surface area contributed by atoms with Crippen LogP contribution in [-0.4, -0.2) is 25.3 Å². The first-order valence-electron chi connectivity index (χ1n) is 5.48. The third-order valence-corrected chi connectivity index (χ3v) is 3.53. The smallest absolute Gasteiger partial charge is 0.0700 e. The third-order valence-electron chi connectivity index (χ3n) is 3.53. The molecule has 3 nitrogen and oxygen atoms in total. The molecular weight excluding hydrogens is 176 g/mol. The number of ether oxygens (including phenoxy) is 1. The fraction of sp³-hybridized carbons (Fsp3) is 0.909. The van der Waals surface area contributed by atoms with Gasteiger partial charge in [-0.2, -0.15) is 5.26 Å². The lowest BCUT2D eigenvalue weighted by Crippen LogP contribution is -2.38. The van der Waals surface area contributed by atoms with Crippen LogP contribution in [0.15, 0.2) is 0 Å². The summed E-state index contributed by atoms with van der Waals surface area (Å²) in [7, 11) is 0. The van der Waals surface area contributed by atoms with Crippen LogP contribution in [0.2, 0.25) is 0 Å². The summed E-state index contributed by atoms with van der Waals surface area (Å²) in [4.78, 5) is 0. The molecule has 0 aromatic carbocycles. The van der Waals surface area contributed by atoms with Crippen molar-refractivity contribution in [3.05, 3.63) is 0 Å². The maximum absolute atomic E-state index is 8.68. The normalized spacial score (nSPS) is 34.0. The highest BCUT2D eigenvalue weighted by Gasteiger charge is 2.42. The van der Waals surface area contributed by atoms with E-state index in [-0.39, 0.29) is 0 Å². The van der Waals surface area contributed by atoms with Crippen molar-refractivity contribution >= 4 is 0 Å². The monoisotopic (exact) mass is 194 g/mol. The second-order valence-corrected chi connectivity index (χ2v) is 4.69. The van der Waals surface area contributed by atoms with Crippen LogP contribution in [0.25, 0.3) is 0 Å². The SMILES string of the molecule is CC1OCCC1NCC1(CC#N)CC1. The average Bonchev–Trinajstić information content (AvgIpc) is 2.81. The van der Waals surface area contributed by atoms with Crippen molar-refractivity contribution in [2.45, 2.75) is 44.8 Å². The van der Waals surface area contributed by atoms with E-state index < -0.39 is 0 Å². The Morgan fingerprint density at radius 1 is 1.57 bits per heavy atom. The van der Waals surface area contributed by atoms with E-state index in [1.54, 1.807) is 0 Å². The summed E-state index contributed by atoms with van der Waals surface area (Å²) in [6, 6.07) is 2.79. The molecule has 2 rings (SSSR count). The first kappa shape index (κ1) is 9.95. The summed E-state index contributed by atoms with van der Waals surface area (Å²) in [5.74, 6) is 0. The summed E-state index contributed by atoms with van der Waals surface area (Å²) >= 11 is 0. The van der Waals surface area contributed by atoms with Gasteiger partial charge >= 0.3 is 0 Å². The lowest BCUT2D eigenvalue weighted by atomic mass is 10.0. The quantitative estimate of drug-likeness (QED) is 0.736. The molecule has 1 N–H and O–H groups in total. The van der Waals surface area contributed by atoms with Gasteiger partial charge in [-0.25, -0.2) is 0 Å². The second-order valence-electron chi connectivity index (χ2n) is 4.69. The van der Waals surface area contributed by atoms with Crippen LogP contribution in [0.4, 0.5) is 0 Å². The maximum atomic E-state index is 8.68. The maximum Gasteiger partial charge on any atom is 0.0700 e. The van der Waals surface area contributed by atoms with Gasteiger partial charge in [0, 0.05) is 25.6 Å². The van der Waals surface area contributed by atoms with Gasteiger partial charge in [0.2, 0.25) is 0 Å². The Bertz CT molecular complexity index is 242. The van der Waals surface area contributed by atoms with Crippen molar-refractivity contribution in [2.75, 3.05) is 13.2 Å². The van der Waals surface area contributed by atoms with Crippen LogP contribution >= 0.6 is 0 Å². The van der Waals surface area contributed by atoms with Gasteiger partial charge in [0.1, 0.15) is 0 Å². The van der Waals surface area contributed by atoms with Gasteiger partial charge in [-0.05, 0) is 31.6 Å². The van der Waals surface area contributed by atoms with Gasteiger partial charge < -0.3 is 10.1 Å². The lowest BCUT2D eigenvalue weighted by Gasteiger charge is -2.19. The van der Waals surface area contributed by atoms with Crippen molar-refractivity contribution in [1.29, 1.82) is 5.26 Å². The Morgan fingerprint density at radius 2 is 2.36 bits per heavy atom. The first-order chi connectivity index (χ1) is 6.76. The summed E-state index contributed by atoms with van der Waals surface area (Å²) in [5.41, 5.74) is 0.317. The molecule has 14 heavy (non-hydrogen) atoms. The molecule has 0 amide bonds. The minimum atomic E-state index is 0.317. The zero-order valence-corrected chi connectivity index (χ0v) is 8.75. The Hall–Kier alpha value is -0.590. The predicted octanol–water partition coefficient (Wildman–Crippen LogP) is 1.45. The zero-order chi connectivity index (χ0) is 10.0. The van der Waals surface area contributed by atoms with Gasteiger partial charge in [-0.3, -0.25) is 0 Å². The first-order valence-corrected chi connectivity index (χ1v) is 5.48. The summed E-state index contributed by atoms with van der Waals surface area (Å²) in [5, 5.41) is 12.2. The molecule has 1 aliphatic carbocycles. The van der Waals surface area contributed by atoms with Gasteiger partial charge in [0.15, 0.2) is 0 Å². The highest BCUT2D eigenvalue weighted by atomic mass is 16.5. The van der Waals surface area contributed by atoms with Gasteiger partial charge in [-0.1, -0.05) is 0 Å². The average molecular weight is 194 g/mol. The molecule has 0 aromatic heterocycles. The van der Waals surface area contributed by atoms with E-state index in [1.807, 2.05) is 0 Å². The van der Waals surface area contributed by atoms with Crippen molar-refractivity contribution in [1.82, 2.24) is 5.32 Å². The van der Waals surface area contributed by atoms with Crippen LogP contribution in [0, 0.1) is 16.7 Å². The molecule has 1 saturated heterocycles. The van der Waals surface area contributed by atoms with Crippen LogP contribution in [0.3, 0.4) is 0 Å². The number of nitrogens with one attached hydrogen (secondary N) is 1. The molecule has 0 spiro atoms. The molecule has 2 atom stereocenters. The second kappa shape index (κ2) is 3.88. The Morgan fingerprint density at radius 3 is 2.86 bits per heavy atom. The van der Waals surface area contributed by atoms with Crippen LogP contribution in [-0.2, 0) is 4.74 Å². The van der Waals surface area contributed by atoms with Crippen molar-refractivity contribution < 1.29 is 4.74 Å². The summed E-state index contributed by atoms with van der Waals surface area (Å²) in [6.45, 7) is 4.00. The van der Waals surface area contributed by atoms with Crippen molar-refractivity contribution in [3.8, 4) is 6.07 Å². The fourth-order valence-corrected chi connectivity index (χ4v) is 2.11. The lowest BCUT2D eigenvalue weighted by molar-refractivity contribution is 0.112. The molecular formula is C11H18N2O. The van der Waals surface area contributed by atoms with E-state index in [0.29, 0.717) is 24.0 Å². The topological polar surface area (TPSA) is 45.0 Å². The van der Waals surface area contributed by atoms with Crippen LogP contribution in [0.5, 0.6) is 0 Å². The van der Waals surface area contributed by atoms with E-state index in [2.05, 4.69) is 18.3 Å².